The molecule has 38 heavy (non-hydrogen) atoms. The molecule has 2 aromatic heterocycles. The molecule has 0 N–H and O–H groups in total. The lowest BCUT2D eigenvalue weighted by Crippen LogP contribution is -2.52. The molecule has 4 heterocycles. The largest absolute Gasteiger partial charge is 0.460 e. The Morgan fingerprint density at radius 3 is 2.66 bits per heavy atom. The minimum atomic E-state index is -1.44. The van der Waals surface area contributed by atoms with Gasteiger partial charge in [0.25, 0.3) is 5.56 Å². The standard InChI is InChI=1S/C28H29FN6O3/c1-18(29)38-25-6-4-3-5-20(25)16-35-24-13-19(7-9-23(24)27(37)32(35)2)21-14-30-28(31-15-21)33-11-12-34-22(17-33)8-10-26(34)36/h3-7,9,13-15,18,22H,8,10-12,16-17H2,1-2H3. The highest BCUT2D eigenvalue weighted by molar-refractivity contribution is 5.84. The van der Waals surface area contributed by atoms with Crippen LogP contribution in [0.4, 0.5) is 10.3 Å². The minimum Gasteiger partial charge on any atom is -0.460 e. The number of anilines is 1. The molecule has 9 nitrogen and oxygen atoms in total. The fraction of sp³-hybridized carbons (Fsp3) is 0.357. The second kappa shape index (κ2) is 9.59. The average Bonchev–Trinajstić information content (AvgIpc) is 3.41. The van der Waals surface area contributed by atoms with Gasteiger partial charge in [-0.1, -0.05) is 24.3 Å². The zero-order valence-electron chi connectivity index (χ0n) is 21.4. The van der Waals surface area contributed by atoms with Crippen LogP contribution >= 0.6 is 0 Å². The van der Waals surface area contributed by atoms with E-state index in [0.717, 1.165) is 41.7 Å². The number of nitrogens with zero attached hydrogens (tertiary/aromatic N) is 6. The summed E-state index contributed by atoms with van der Waals surface area (Å²) in [6.45, 7) is 3.85. The molecule has 2 aromatic carbocycles. The lowest BCUT2D eigenvalue weighted by atomic mass is 10.1. The third-order valence-corrected chi connectivity index (χ3v) is 7.49. The molecule has 0 bridgehead atoms. The van der Waals surface area contributed by atoms with Gasteiger partial charge in [0.1, 0.15) is 5.75 Å². The van der Waals surface area contributed by atoms with Crippen molar-refractivity contribution in [1.29, 1.82) is 0 Å². The first-order chi connectivity index (χ1) is 18.4. The van der Waals surface area contributed by atoms with Crippen molar-refractivity contribution in [2.45, 2.75) is 38.7 Å². The van der Waals surface area contributed by atoms with Crippen LogP contribution in [-0.2, 0) is 18.4 Å². The zero-order valence-corrected chi connectivity index (χ0v) is 21.4. The number of amides is 1. The van der Waals surface area contributed by atoms with Gasteiger partial charge < -0.3 is 14.5 Å². The van der Waals surface area contributed by atoms with Crippen molar-refractivity contribution in [3.05, 3.63) is 70.8 Å². The number of carbonyl (C=O) groups is 1. The van der Waals surface area contributed by atoms with Crippen LogP contribution in [0.2, 0.25) is 0 Å². The Labute approximate surface area is 219 Å². The molecule has 0 spiro atoms. The number of para-hydroxylation sites is 1. The summed E-state index contributed by atoms with van der Waals surface area (Å²) in [4.78, 5) is 38.3. The second-order valence-corrected chi connectivity index (χ2v) is 9.88. The van der Waals surface area contributed by atoms with E-state index in [9.17, 15) is 14.0 Å². The quantitative estimate of drug-likeness (QED) is 0.391. The van der Waals surface area contributed by atoms with Gasteiger partial charge in [0, 0.05) is 69.6 Å². The molecular formula is C28H29FN6O3. The van der Waals surface area contributed by atoms with Crippen LogP contribution in [0.1, 0.15) is 25.3 Å². The molecule has 2 fully saturated rings. The van der Waals surface area contributed by atoms with Crippen molar-refractivity contribution in [3.8, 4) is 16.9 Å². The topological polar surface area (TPSA) is 85.5 Å². The van der Waals surface area contributed by atoms with Crippen molar-refractivity contribution < 1.29 is 13.9 Å². The van der Waals surface area contributed by atoms with E-state index < -0.39 is 6.36 Å². The monoisotopic (exact) mass is 516 g/mol. The molecule has 6 rings (SSSR count). The van der Waals surface area contributed by atoms with Gasteiger partial charge in [0.05, 0.1) is 17.4 Å². The van der Waals surface area contributed by atoms with Crippen LogP contribution in [0.5, 0.6) is 5.75 Å². The van der Waals surface area contributed by atoms with Crippen LogP contribution in [0.25, 0.3) is 22.0 Å². The molecule has 0 saturated carbocycles. The van der Waals surface area contributed by atoms with Crippen LogP contribution in [-0.4, -0.2) is 62.2 Å². The smallest absolute Gasteiger partial charge is 0.274 e. The van der Waals surface area contributed by atoms with E-state index in [1.165, 1.54) is 6.92 Å². The van der Waals surface area contributed by atoms with Crippen molar-refractivity contribution in [2.75, 3.05) is 24.5 Å². The van der Waals surface area contributed by atoms with Gasteiger partial charge in [0.15, 0.2) is 0 Å². The van der Waals surface area contributed by atoms with E-state index in [4.69, 9.17) is 4.74 Å². The van der Waals surface area contributed by atoms with Gasteiger partial charge in [0.2, 0.25) is 18.2 Å². The third kappa shape index (κ3) is 4.29. The van der Waals surface area contributed by atoms with Crippen LogP contribution < -0.4 is 15.2 Å². The Hall–Kier alpha value is -4.21. The number of halogens is 1. The molecule has 0 radical (unpaired) electrons. The van der Waals surface area contributed by atoms with Crippen molar-refractivity contribution in [3.63, 3.8) is 0 Å². The van der Waals surface area contributed by atoms with Gasteiger partial charge in [-0.2, -0.15) is 0 Å². The second-order valence-electron chi connectivity index (χ2n) is 9.88. The van der Waals surface area contributed by atoms with Gasteiger partial charge >= 0.3 is 0 Å². The molecule has 2 atom stereocenters. The van der Waals surface area contributed by atoms with E-state index in [1.54, 1.807) is 36.3 Å². The van der Waals surface area contributed by atoms with Crippen molar-refractivity contribution >= 4 is 22.8 Å². The summed E-state index contributed by atoms with van der Waals surface area (Å²) in [6.07, 6.45) is 3.66. The maximum atomic E-state index is 13.6. The summed E-state index contributed by atoms with van der Waals surface area (Å²) in [5.74, 6) is 1.34. The molecule has 2 aliphatic heterocycles. The molecule has 2 unspecified atom stereocenters. The van der Waals surface area contributed by atoms with Crippen molar-refractivity contribution in [2.24, 2.45) is 7.05 Å². The third-order valence-electron chi connectivity index (χ3n) is 7.49. The van der Waals surface area contributed by atoms with Gasteiger partial charge in [-0.25, -0.2) is 14.4 Å². The van der Waals surface area contributed by atoms with Crippen molar-refractivity contribution in [1.82, 2.24) is 24.2 Å². The molecule has 10 heteroatoms. The Morgan fingerprint density at radius 1 is 1.08 bits per heavy atom. The molecule has 0 aliphatic carbocycles. The highest BCUT2D eigenvalue weighted by atomic mass is 19.1. The number of rotatable bonds is 6. The normalized spacial score (nSPS) is 18.2. The number of hydrogen-bond acceptors (Lipinski definition) is 6. The van der Waals surface area contributed by atoms with Crippen LogP contribution in [0, 0.1) is 0 Å². The predicted octanol–water partition coefficient (Wildman–Crippen LogP) is 3.35. The average molecular weight is 517 g/mol. The zero-order chi connectivity index (χ0) is 26.4. The maximum Gasteiger partial charge on any atom is 0.274 e. The number of alkyl halides is 1. The minimum absolute atomic E-state index is 0.111. The molecule has 2 aliphatic rings. The van der Waals surface area contributed by atoms with E-state index >= 15 is 0 Å². The Bertz CT molecular complexity index is 1560. The number of fused-ring (bicyclic) bond motifs is 2. The number of carbonyl (C=O) groups excluding carboxylic acids is 1. The van der Waals surface area contributed by atoms with Gasteiger partial charge in [-0.3, -0.25) is 19.0 Å². The number of aromatic nitrogens is 4. The highest BCUT2D eigenvalue weighted by Crippen LogP contribution is 2.28. The summed E-state index contributed by atoms with van der Waals surface area (Å²) in [6, 6.07) is 13.2. The Morgan fingerprint density at radius 2 is 1.87 bits per heavy atom. The van der Waals surface area contributed by atoms with Gasteiger partial charge in [-0.15, -0.1) is 0 Å². The number of hydrogen-bond donors (Lipinski definition) is 0. The van der Waals surface area contributed by atoms with Gasteiger partial charge in [-0.05, 0) is 30.2 Å². The molecular weight excluding hydrogens is 487 g/mol. The van der Waals surface area contributed by atoms with E-state index in [1.807, 2.05) is 39.9 Å². The lowest BCUT2D eigenvalue weighted by molar-refractivity contribution is -0.129. The molecule has 4 aromatic rings. The van der Waals surface area contributed by atoms with E-state index in [2.05, 4.69) is 14.9 Å². The first kappa shape index (κ1) is 24.1. The fourth-order valence-electron chi connectivity index (χ4n) is 5.51. The number of piperazine rings is 1. The summed E-state index contributed by atoms with van der Waals surface area (Å²) in [5, 5.41) is 0.593. The van der Waals surface area contributed by atoms with E-state index in [0.29, 0.717) is 36.6 Å². The fourth-order valence-corrected chi connectivity index (χ4v) is 5.51. The summed E-state index contributed by atoms with van der Waals surface area (Å²) >= 11 is 0. The Balaban J connectivity index is 1.29. The maximum absolute atomic E-state index is 13.6. The number of benzene rings is 2. The molecule has 196 valence electrons. The van der Waals surface area contributed by atoms with Crippen LogP contribution in [0.3, 0.4) is 0 Å². The highest BCUT2D eigenvalue weighted by Gasteiger charge is 2.36. The summed E-state index contributed by atoms with van der Waals surface area (Å²) in [5.41, 5.74) is 3.13. The lowest BCUT2D eigenvalue weighted by Gasteiger charge is -2.37. The first-order valence-electron chi connectivity index (χ1n) is 12.8. The number of ether oxygens (including phenoxy) is 1. The summed E-state index contributed by atoms with van der Waals surface area (Å²) in [7, 11) is 1.72. The SMILES string of the molecule is CC(F)Oc1ccccc1Cn1c2cc(-c3cnc(N4CCN5C(=O)CCC5C4)nc3)ccc2c(=O)n1C. The first-order valence-corrected chi connectivity index (χ1v) is 12.8. The Kier molecular flexibility index (Phi) is 6.09. The van der Waals surface area contributed by atoms with E-state index in [-0.39, 0.29) is 17.5 Å². The predicted molar refractivity (Wildman–Crippen MR) is 142 cm³/mol. The van der Waals surface area contributed by atoms with Crippen LogP contribution in [0.15, 0.2) is 59.7 Å². The molecule has 1 amide bonds. The molecule has 2 saturated heterocycles. The summed E-state index contributed by atoms with van der Waals surface area (Å²) < 4.78 is 22.4.